The Morgan fingerprint density at radius 2 is 2.18 bits per heavy atom. The van der Waals surface area contributed by atoms with Gasteiger partial charge >= 0.3 is 6.03 Å². The fraction of sp³-hybridized carbons (Fsp3) is 0.400. The van der Waals surface area contributed by atoms with Crippen molar-refractivity contribution < 1.29 is 4.79 Å². The van der Waals surface area contributed by atoms with Gasteiger partial charge in [0, 0.05) is 30.1 Å². The molecule has 28 heavy (non-hydrogen) atoms. The van der Waals surface area contributed by atoms with E-state index in [4.69, 9.17) is 0 Å². The Balaban J connectivity index is 1.53. The van der Waals surface area contributed by atoms with Crippen LogP contribution in [0.1, 0.15) is 56.8 Å². The number of carbonyl (C=O) groups is 1. The van der Waals surface area contributed by atoms with Gasteiger partial charge in [-0.3, -0.25) is 20.1 Å². The van der Waals surface area contributed by atoms with Crippen LogP contribution in [0.2, 0.25) is 0 Å². The molecular weight excluding hydrogens is 354 g/mol. The van der Waals surface area contributed by atoms with Crippen LogP contribution in [0.25, 0.3) is 0 Å². The molecule has 0 aliphatic rings. The number of rotatable bonds is 9. The zero-order chi connectivity index (χ0) is 19.8. The highest BCUT2D eigenvalue weighted by atomic mass is 16.2. The molecule has 3 aromatic heterocycles. The highest BCUT2D eigenvalue weighted by Gasteiger charge is 2.14. The number of pyridine rings is 1. The normalized spacial score (nSPS) is 11.9. The number of nitrogens with zero attached hydrogens (tertiary/aromatic N) is 4. The molecule has 0 aromatic carbocycles. The summed E-state index contributed by atoms with van der Waals surface area (Å²) in [7, 11) is 0. The number of anilines is 2. The summed E-state index contributed by atoms with van der Waals surface area (Å²) in [5, 5.41) is 17.0. The van der Waals surface area contributed by atoms with Crippen molar-refractivity contribution in [2.24, 2.45) is 0 Å². The van der Waals surface area contributed by atoms with Crippen molar-refractivity contribution in [2.75, 3.05) is 10.6 Å². The van der Waals surface area contributed by atoms with Crippen molar-refractivity contribution in [3.63, 3.8) is 0 Å². The van der Waals surface area contributed by atoms with E-state index in [0.29, 0.717) is 24.0 Å². The van der Waals surface area contributed by atoms with E-state index in [-0.39, 0.29) is 6.03 Å². The fourth-order valence-electron chi connectivity index (χ4n) is 3.09. The molecule has 8 nitrogen and oxygen atoms in total. The van der Waals surface area contributed by atoms with Gasteiger partial charge in [-0.05, 0) is 25.0 Å². The zero-order valence-electron chi connectivity index (χ0n) is 16.4. The van der Waals surface area contributed by atoms with Gasteiger partial charge in [-0.15, -0.1) is 0 Å². The Bertz CT molecular complexity index is 872. The van der Waals surface area contributed by atoms with Crippen LogP contribution >= 0.6 is 0 Å². The number of aromatic nitrogens is 5. The smallest absolute Gasteiger partial charge is 0.305 e. The van der Waals surface area contributed by atoms with E-state index in [2.05, 4.69) is 44.8 Å². The standard InChI is InChI=1S/C20H27N7O/c1-3-5-8-15(4-2)18-11-19(26-25-18)24-20(28)23-17-12-22-27(14-17)13-16-9-6-7-10-21-16/h6-7,9-12,14-15H,3-5,8,13H2,1-2H3,(H3,23,24,25,26,28). The molecule has 8 heteroatoms. The van der Waals surface area contributed by atoms with Gasteiger partial charge in [-0.25, -0.2) is 4.79 Å². The lowest BCUT2D eigenvalue weighted by Crippen LogP contribution is -2.19. The average molecular weight is 381 g/mol. The number of hydrogen-bond donors (Lipinski definition) is 3. The molecule has 1 unspecified atom stereocenters. The maximum absolute atomic E-state index is 12.2. The molecule has 0 radical (unpaired) electrons. The Labute approximate surface area is 164 Å². The van der Waals surface area contributed by atoms with Gasteiger partial charge in [0.2, 0.25) is 0 Å². The van der Waals surface area contributed by atoms with E-state index in [9.17, 15) is 4.79 Å². The van der Waals surface area contributed by atoms with Crippen LogP contribution in [0, 0.1) is 0 Å². The molecule has 0 aliphatic carbocycles. The third kappa shape index (κ3) is 5.42. The topological polar surface area (TPSA) is 101 Å². The van der Waals surface area contributed by atoms with Gasteiger partial charge in [-0.2, -0.15) is 10.2 Å². The van der Waals surface area contributed by atoms with Crippen molar-refractivity contribution in [1.82, 2.24) is 25.0 Å². The minimum atomic E-state index is -0.350. The first kappa shape index (κ1) is 19.6. The highest BCUT2D eigenvalue weighted by Crippen LogP contribution is 2.25. The Morgan fingerprint density at radius 1 is 1.29 bits per heavy atom. The van der Waals surface area contributed by atoms with Gasteiger partial charge in [0.1, 0.15) is 0 Å². The summed E-state index contributed by atoms with van der Waals surface area (Å²) in [6.45, 7) is 4.90. The lowest BCUT2D eigenvalue weighted by molar-refractivity contribution is 0.262. The maximum Gasteiger partial charge on any atom is 0.324 e. The first-order valence-corrected chi connectivity index (χ1v) is 9.73. The second kappa shape index (κ2) is 9.68. The molecule has 148 valence electrons. The van der Waals surface area contributed by atoms with Gasteiger partial charge < -0.3 is 5.32 Å². The van der Waals surface area contributed by atoms with E-state index >= 15 is 0 Å². The summed E-state index contributed by atoms with van der Waals surface area (Å²) in [4.78, 5) is 16.5. The predicted octanol–water partition coefficient (Wildman–Crippen LogP) is 4.38. The number of unbranched alkanes of at least 4 members (excludes halogenated alkanes) is 1. The van der Waals surface area contributed by atoms with E-state index < -0.39 is 0 Å². The van der Waals surface area contributed by atoms with Crippen molar-refractivity contribution in [3.05, 3.63) is 54.2 Å². The van der Waals surface area contributed by atoms with Crippen LogP contribution in [0.4, 0.5) is 16.3 Å². The highest BCUT2D eigenvalue weighted by molar-refractivity contribution is 5.98. The lowest BCUT2D eigenvalue weighted by atomic mass is 9.96. The van der Waals surface area contributed by atoms with Crippen LogP contribution in [0.5, 0.6) is 0 Å². The van der Waals surface area contributed by atoms with Crippen molar-refractivity contribution in [1.29, 1.82) is 0 Å². The second-order valence-corrected chi connectivity index (χ2v) is 6.78. The zero-order valence-corrected chi connectivity index (χ0v) is 16.4. The van der Waals surface area contributed by atoms with Gasteiger partial charge in [0.25, 0.3) is 0 Å². The van der Waals surface area contributed by atoms with Gasteiger partial charge in [0.05, 0.1) is 24.1 Å². The first-order chi connectivity index (χ1) is 13.7. The molecule has 0 spiro atoms. The summed E-state index contributed by atoms with van der Waals surface area (Å²) < 4.78 is 1.73. The molecule has 0 fully saturated rings. The van der Waals surface area contributed by atoms with E-state index in [1.165, 1.54) is 12.8 Å². The predicted molar refractivity (Wildman–Crippen MR) is 109 cm³/mol. The van der Waals surface area contributed by atoms with Crippen molar-refractivity contribution in [2.45, 2.75) is 52.0 Å². The minimum absolute atomic E-state index is 0.350. The van der Waals surface area contributed by atoms with E-state index in [1.54, 1.807) is 23.3 Å². The fourth-order valence-corrected chi connectivity index (χ4v) is 3.09. The summed E-state index contributed by atoms with van der Waals surface area (Å²) in [5.74, 6) is 0.958. The molecule has 0 aliphatic heterocycles. The largest absolute Gasteiger partial charge is 0.324 e. The molecule has 0 saturated heterocycles. The third-order valence-electron chi connectivity index (χ3n) is 4.62. The summed E-state index contributed by atoms with van der Waals surface area (Å²) in [6.07, 6.45) is 9.64. The third-order valence-corrected chi connectivity index (χ3v) is 4.62. The molecular formula is C20H27N7O. The van der Waals surface area contributed by atoms with Crippen LogP contribution in [0.15, 0.2) is 42.9 Å². The van der Waals surface area contributed by atoms with Crippen molar-refractivity contribution >= 4 is 17.5 Å². The average Bonchev–Trinajstić information content (AvgIpc) is 3.33. The summed E-state index contributed by atoms with van der Waals surface area (Å²) in [6, 6.07) is 7.30. The Morgan fingerprint density at radius 3 is 2.93 bits per heavy atom. The maximum atomic E-state index is 12.2. The quantitative estimate of drug-likeness (QED) is 0.512. The van der Waals surface area contributed by atoms with Gasteiger partial charge in [0.15, 0.2) is 5.82 Å². The Hall–Kier alpha value is -3.16. The molecule has 3 heterocycles. The number of hydrogen-bond acceptors (Lipinski definition) is 4. The second-order valence-electron chi connectivity index (χ2n) is 6.78. The van der Waals surface area contributed by atoms with Crippen LogP contribution in [-0.4, -0.2) is 31.0 Å². The van der Waals surface area contributed by atoms with Gasteiger partial charge in [-0.1, -0.05) is 32.8 Å². The monoisotopic (exact) mass is 381 g/mol. The molecule has 0 bridgehead atoms. The molecule has 3 rings (SSSR count). The van der Waals surface area contributed by atoms with Crippen molar-refractivity contribution in [3.8, 4) is 0 Å². The molecule has 1 atom stereocenters. The number of nitrogens with one attached hydrogen (secondary N) is 3. The number of amides is 2. The van der Waals surface area contributed by atoms with Crippen LogP contribution in [-0.2, 0) is 6.54 Å². The van der Waals surface area contributed by atoms with E-state index in [0.717, 1.165) is 24.2 Å². The summed E-state index contributed by atoms with van der Waals surface area (Å²) in [5.41, 5.74) is 2.58. The lowest BCUT2D eigenvalue weighted by Gasteiger charge is -2.11. The minimum Gasteiger partial charge on any atom is -0.305 e. The number of carbonyl (C=O) groups excluding carboxylic acids is 1. The van der Waals surface area contributed by atoms with Crippen LogP contribution in [0.3, 0.4) is 0 Å². The number of H-pyrrole nitrogens is 1. The molecule has 2 amide bonds. The molecule has 0 saturated carbocycles. The molecule has 3 aromatic rings. The number of urea groups is 1. The SMILES string of the molecule is CCCCC(CC)c1cc(NC(=O)Nc2cnn(Cc3ccccn3)c2)n[nH]1. The summed E-state index contributed by atoms with van der Waals surface area (Å²) >= 11 is 0. The Kier molecular flexibility index (Phi) is 6.78. The molecule has 3 N–H and O–H groups in total. The first-order valence-electron chi connectivity index (χ1n) is 9.73. The van der Waals surface area contributed by atoms with Crippen LogP contribution < -0.4 is 10.6 Å². The number of aromatic amines is 1. The van der Waals surface area contributed by atoms with E-state index in [1.807, 2.05) is 24.3 Å².